The number of carbonyl (C=O) groups excluding carboxylic acids is 2. The van der Waals surface area contributed by atoms with Crippen molar-refractivity contribution in [3.63, 3.8) is 0 Å². The highest BCUT2D eigenvalue weighted by Gasteiger charge is 2.38. The molecule has 1 aliphatic heterocycles. The molecular formula is C26H30N2O5. The number of nitrogens with one attached hydrogen (secondary N) is 1. The summed E-state index contributed by atoms with van der Waals surface area (Å²) in [5.74, 6) is -1.80. The smallest absolute Gasteiger partial charge is 0.407 e. The molecule has 0 aromatic heterocycles. The molecule has 2 N–H and O–H groups in total. The number of carbonyl (C=O) groups is 3. The molecule has 1 saturated heterocycles. The van der Waals surface area contributed by atoms with E-state index in [2.05, 4.69) is 29.6 Å². The van der Waals surface area contributed by atoms with Gasteiger partial charge in [0.2, 0.25) is 5.91 Å². The van der Waals surface area contributed by atoms with Crippen molar-refractivity contribution >= 4 is 18.0 Å². The summed E-state index contributed by atoms with van der Waals surface area (Å²) in [5.41, 5.74) is 4.54. The molecule has 2 aromatic rings. The van der Waals surface area contributed by atoms with Crippen molar-refractivity contribution in [3.05, 3.63) is 59.7 Å². The number of piperidine rings is 1. The molecule has 1 fully saturated rings. The molecule has 2 aromatic carbocycles. The SMILES string of the molecule is CCC(NC(=O)OCC1c2ccccc2-c2ccccc21)C(=O)N1CCC[C@H](C(=O)O)[C@@H]1C. The number of nitrogens with zero attached hydrogens (tertiary/aromatic N) is 1. The summed E-state index contributed by atoms with van der Waals surface area (Å²) >= 11 is 0. The van der Waals surface area contributed by atoms with E-state index in [9.17, 15) is 19.5 Å². The molecule has 3 atom stereocenters. The fourth-order valence-electron chi connectivity index (χ4n) is 5.11. The molecule has 7 heteroatoms. The molecule has 2 aliphatic rings. The Morgan fingerprint density at radius 1 is 1.09 bits per heavy atom. The molecule has 2 amide bonds. The average molecular weight is 451 g/mol. The third kappa shape index (κ3) is 4.45. The molecular weight excluding hydrogens is 420 g/mol. The Labute approximate surface area is 193 Å². The van der Waals surface area contributed by atoms with E-state index >= 15 is 0 Å². The number of carboxylic acids is 1. The van der Waals surface area contributed by atoms with Crippen molar-refractivity contribution < 1.29 is 24.2 Å². The maximum atomic E-state index is 13.1. The molecule has 0 saturated carbocycles. The Kier molecular flexibility index (Phi) is 6.67. The van der Waals surface area contributed by atoms with Crippen LogP contribution in [0.4, 0.5) is 4.79 Å². The Hall–Kier alpha value is -3.35. The van der Waals surface area contributed by atoms with Crippen LogP contribution < -0.4 is 5.32 Å². The molecule has 1 heterocycles. The summed E-state index contributed by atoms with van der Waals surface area (Å²) in [6.07, 6.45) is 0.937. The van der Waals surface area contributed by atoms with Gasteiger partial charge in [0.25, 0.3) is 0 Å². The lowest BCUT2D eigenvalue weighted by molar-refractivity contribution is -0.149. The normalized spacial score (nSPS) is 20.5. The predicted molar refractivity (Wildman–Crippen MR) is 124 cm³/mol. The molecule has 0 bridgehead atoms. The second kappa shape index (κ2) is 9.65. The highest BCUT2D eigenvalue weighted by molar-refractivity contribution is 5.87. The van der Waals surface area contributed by atoms with E-state index in [0.717, 1.165) is 22.3 Å². The molecule has 4 rings (SSSR count). The summed E-state index contributed by atoms with van der Waals surface area (Å²) in [5, 5.41) is 12.1. The number of ether oxygens (including phenoxy) is 1. The minimum Gasteiger partial charge on any atom is -0.481 e. The number of hydrogen-bond donors (Lipinski definition) is 2. The first kappa shape index (κ1) is 22.8. The van der Waals surface area contributed by atoms with Crippen molar-refractivity contribution in [2.75, 3.05) is 13.2 Å². The van der Waals surface area contributed by atoms with E-state index in [1.54, 1.807) is 11.8 Å². The van der Waals surface area contributed by atoms with Crippen molar-refractivity contribution in [2.24, 2.45) is 5.92 Å². The quantitative estimate of drug-likeness (QED) is 0.693. The largest absolute Gasteiger partial charge is 0.481 e. The Morgan fingerprint density at radius 2 is 1.70 bits per heavy atom. The minimum atomic E-state index is -0.891. The van der Waals surface area contributed by atoms with Gasteiger partial charge in [-0.05, 0) is 48.4 Å². The zero-order valence-electron chi connectivity index (χ0n) is 19.0. The average Bonchev–Trinajstić information content (AvgIpc) is 3.14. The van der Waals surface area contributed by atoms with E-state index in [1.807, 2.05) is 31.2 Å². The van der Waals surface area contributed by atoms with Crippen LogP contribution in [-0.4, -0.2) is 53.2 Å². The maximum absolute atomic E-state index is 13.1. The lowest BCUT2D eigenvalue weighted by atomic mass is 9.89. The van der Waals surface area contributed by atoms with E-state index in [4.69, 9.17) is 4.74 Å². The number of aliphatic carboxylic acids is 1. The standard InChI is InChI=1S/C26H30N2O5/c1-3-23(24(29)28-14-8-13-17(16(28)2)25(30)31)27-26(32)33-15-22-20-11-6-4-9-18(20)19-10-5-7-12-21(19)22/h4-7,9-12,16-17,22-23H,3,8,13-15H2,1-2H3,(H,27,32)(H,30,31)/t16-,17-,23?/m0/s1. The van der Waals surface area contributed by atoms with Crippen LogP contribution in [0.2, 0.25) is 0 Å². The number of likely N-dealkylation sites (tertiary alicyclic amines) is 1. The maximum Gasteiger partial charge on any atom is 0.407 e. The fourth-order valence-corrected chi connectivity index (χ4v) is 5.11. The molecule has 0 radical (unpaired) electrons. The minimum absolute atomic E-state index is 0.0580. The number of hydrogen-bond acceptors (Lipinski definition) is 4. The van der Waals surface area contributed by atoms with E-state index < -0.39 is 30.1 Å². The van der Waals surface area contributed by atoms with E-state index in [-0.39, 0.29) is 18.4 Å². The van der Waals surface area contributed by atoms with Crippen molar-refractivity contribution in [3.8, 4) is 11.1 Å². The van der Waals surface area contributed by atoms with Gasteiger partial charge in [-0.15, -0.1) is 0 Å². The second-order valence-electron chi connectivity index (χ2n) is 8.79. The number of carboxylic acid groups (broad SMARTS) is 1. The van der Waals surface area contributed by atoms with Gasteiger partial charge in [-0.3, -0.25) is 9.59 Å². The van der Waals surface area contributed by atoms with Gasteiger partial charge >= 0.3 is 12.1 Å². The Morgan fingerprint density at radius 3 is 2.27 bits per heavy atom. The van der Waals surface area contributed by atoms with Gasteiger partial charge in [-0.1, -0.05) is 55.5 Å². The third-order valence-electron chi connectivity index (χ3n) is 6.93. The Bertz CT molecular complexity index is 1010. The van der Waals surface area contributed by atoms with Crippen molar-refractivity contribution in [1.29, 1.82) is 0 Å². The second-order valence-corrected chi connectivity index (χ2v) is 8.79. The number of alkyl carbamates (subject to hydrolysis) is 1. The molecule has 33 heavy (non-hydrogen) atoms. The molecule has 0 spiro atoms. The lowest BCUT2D eigenvalue weighted by Crippen LogP contribution is -2.55. The van der Waals surface area contributed by atoms with Crippen LogP contribution in [0.3, 0.4) is 0 Å². The van der Waals surface area contributed by atoms with Crippen LogP contribution >= 0.6 is 0 Å². The van der Waals surface area contributed by atoms with Crippen LogP contribution in [0.5, 0.6) is 0 Å². The highest BCUT2D eigenvalue weighted by atomic mass is 16.5. The van der Waals surface area contributed by atoms with Crippen molar-refractivity contribution in [1.82, 2.24) is 10.2 Å². The summed E-state index contributed by atoms with van der Waals surface area (Å²) in [7, 11) is 0. The zero-order chi connectivity index (χ0) is 23.5. The Balaban J connectivity index is 1.40. The first-order valence-corrected chi connectivity index (χ1v) is 11.6. The third-order valence-corrected chi connectivity index (χ3v) is 6.93. The first-order chi connectivity index (χ1) is 15.9. The number of rotatable bonds is 6. The predicted octanol–water partition coefficient (Wildman–Crippen LogP) is 4.02. The first-order valence-electron chi connectivity index (χ1n) is 11.6. The fraction of sp³-hybridized carbons (Fsp3) is 0.423. The summed E-state index contributed by atoms with van der Waals surface area (Å²) in [6, 6.07) is 15.0. The summed E-state index contributed by atoms with van der Waals surface area (Å²) < 4.78 is 5.58. The van der Waals surface area contributed by atoms with Gasteiger partial charge in [0.15, 0.2) is 0 Å². The molecule has 1 unspecified atom stereocenters. The number of benzene rings is 2. The number of fused-ring (bicyclic) bond motifs is 3. The van der Waals surface area contributed by atoms with E-state index in [1.165, 1.54) is 0 Å². The van der Waals surface area contributed by atoms with Crippen LogP contribution in [0, 0.1) is 5.92 Å². The van der Waals surface area contributed by atoms with Gasteiger partial charge in [0, 0.05) is 18.5 Å². The molecule has 7 nitrogen and oxygen atoms in total. The summed E-state index contributed by atoms with van der Waals surface area (Å²) in [6.45, 7) is 4.24. The van der Waals surface area contributed by atoms with Crippen molar-refractivity contribution in [2.45, 2.75) is 51.1 Å². The van der Waals surface area contributed by atoms with Crippen LogP contribution in [-0.2, 0) is 14.3 Å². The van der Waals surface area contributed by atoms with Gasteiger partial charge in [-0.25, -0.2) is 4.79 Å². The van der Waals surface area contributed by atoms with E-state index in [0.29, 0.717) is 25.8 Å². The van der Waals surface area contributed by atoms with Gasteiger partial charge in [-0.2, -0.15) is 0 Å². The summed E-state index contributed by atoms with van der Waals surface area (Å²) in [4.78, 5) is 38.8. The lowest BCUT2D eigenvalue weighted by Gasteiger charge is -2.39. The van der Waals surface area contributed by atoms with Crippen LogP contribution in [0.25, 0.3) is 11.1 Å². The van der Waals surface area contributed by atoms with Gasteiger partial charge in [0.1, 0.15) is 12.6 Å². The van der Waals surface area contributed by atoms with Crippen LogP contribution in [0.15, 0.2) is 48.5 Å². The zero-order valence-corrected chi connectivity index (χ0v) is 19.0. The topological polar surface area (TPSA) is 95.9 Å². The highest BCUT2D eigenvalue weighted by Crippen LogP contribution is 2.44. The molecule has 1 aliphatic carbocycles. The van der Waals surface area contributed by atoms with Gasteiger partial charge in [0.05, 0.1) is 5.92 Å². The van der Waals surface area contributed by atoms with Gasteiger partial charge < -0.3 is 20.1 Å². The van der Waals surface area contributed by atoms with Crippen LogP contribution in [0.1, 0.15) is 50.2 Å². The number of amides is 2. The molecule has 174 valence electrons. The monoisotopic (exact) mass is 450 g/mol.